The number of nitrogens with zero attached hydrogens (tertiary/aromatic N) is 3. The Morgan fingerprint density at radius 3 is 2.57 bits per heavy atom. The fourth-order valence-electron chi connectivity index (χ4n) is 4.18. The average Bonchev–Trinajstić information content (AvgIpc) is 2.89. The molecule has 0 aromatic heterocycles. The molecule has 1 aromatic carbocycles. The summed E-state index contributed by atoms with van der Waals surface area (Å²) in [5.41, 5.74) is 2.04. The molecule has 0 spiro atoms. The van der Waals surface area contributed by atoms with Crippen molar-refractivity contribution in [1.29, 1.82) is 0 Å². The molecule has 1 fully saturated rings. The van der Waals surface area contributed by atoms with Crippen LogP contribution < -0.4 is 10.2 Å². The van der Waals surface area contributed by atoms with Gasteiger partial charge < -0.3 is 15.1 Å². The first-order valence-electron chi connectivity index (χ1n) is 10.7. The largest absolute Gasteiger partial charge is 0.354 e. The van der Waals surface area contributed by atoms with Gasteiger partial charge in [0.2, 0.25) is 11.8 Å². The van der Waals surface area contributed by atoms with Crippen LogP contribution in [0.2, 0.25) is 0 Å². The first kappa shape index (κ1) is 20.8. The van der Waals surface area contributed by atoms with E-state index < -0.39 is 6.04 Å². The lowest BCUT2D eigenvalue weighted by Crippen LogP contribution is -2.49. The van der Waals surface area contributed by atoms with Crippen LogP contribution in [0.1, 0.15) is 38.7 Å². The van der Waals surface area contributed by atoms with Gasteiger partial charge in [0, 0.05) is 44.8 Å². The van der Waals surface area contributed by atoms with Gasteiger partial charge in [-0.3, -0.25) is 14.5 Å². The van der Waals surface area contributed by atoms with Gasteiger partial charge in [-0.05, 0) is 50.9 Å². The van der Waals surface area contributed by atoms with Gasteiger partial charge >= 0.3 is 0 Å². The Labute approximate surface area is 168 Å². The van der Waals surface area contributed by atoms with E-state index in [0.717, 1.165) is 69.8 Å². The molecule has 0 aliphatic carbocycles. The summed E-state index contributed by atoms with van der Waals surface area (Å²) in [6, 6.07) is 7.47. The summed E-state index contributed by atoms with van der Waals surface area (Å²) in [5.74, 6) is -0.0257. The molecule has 0 radical (unpaired) electrons. The van der Waals surface area contributed by atoms with Crippen molar-refractivity contribution in [3.05, 3.63) is 29.8 Å². The minimum absolute atomic E-state index is 0.0430. The number of anilines is 1. The number of amides is 2. The van der Waals surface area contributed by atoms with E-state index in [0.29, 0.717) is 13.0 Å². The quantitative estimate of drug-likeness (QED) is 0.727. The summed E-state index contributed by atoms with van der Waals surface area (Å²) in [6.07, 6.45) is 3.16. The third-order valence-corrected chi connectivity index (χ3v) is 5.99. The third kappa shape index (κ3) is 5.11. The topological polar surface area (TPSA) is 55.9 Å². The van der Waals surface area contributed by atoms with E-state index in [4.69, 9.17) is 0 Å². The molecule has 28 heavy (non-hydrogen) atoms. The Kier molecular flexibility index (Phi) is 7.45. The molecule has 1 saturated heterocycles. The Bertz CT molecular complexity index is 670. The minimum Gasteiger partial charge on any atom is -0.354 e. The molecule has 0 saturated carbocycles. The number of nitrogens with one attached hydrogen (secondary N) is 1. The molecule has 2 aliphatic heterocycles. The van der Waals surface area contributed by atoms with E-state index in [1.54, 1.807) is 4.90 Å². The number of hydrogen-bond acceptors (Lipinski definition) is 4. The summed E-state index contributed by atoms with van der Waals surface area (Å²) in [7, 11) is 0. The highest BCUT2D eigenvalue weighted by Crippen LogP contribution is 2.28. The van der Waals surface area contributed by atoms with Crippen LogP contribution in [0.25, 0.3) is 0 Å². The lowest BCUT2D eigenvalue weighted by Gasteiger charge is -2.34. The SMILES string of the molecule is CCN1CCN(CCCNC(=O)C(C)N2C(=O)CCCc3ccccc32)CC1. The van der Waals surface area contributed by atoms with E-state index in [2.05, 4.69) is 28.1 Å². The number of piperazine rings is 1. The summed E-state index contributed by atoms with van der Waals surface area (Å²) in [5, 5.41) is 3.04. The molecule has 1 unspecified atom stereocenters. The lowest BCUT2D eigenvalue weighted by atomic mass is 10.1. The summed E-state index contributed by atoms with van der Waals surface area (Å²) >= 11 is 0. The smallest absolute Gasteiger partial charge is 0.242 e. The minimum atomic E-state index is -0.486. The van der Waals surface area contributed by atoms with E-state index in [1.165, 1.54) is 0 Å². The number of carbonyl (C=O) groups excluding carboxylic acids is 2. The number of aryl methyl sites for hydroxylation is 1. The van der Waals surface area contributed by atoms with Crippen LogP contribution in [0.4, 0.5) is 5.69 Å². The van der Waals surface area contributed by atoms with E-state index in [-0.39, 0.29) is 11.8 Å². The Morgan fingerprint density at radius 1 is 1.11 bits per heavy atom. The van der Waals surface area contributed by atoms with E-state index >= 15 is 0 Å². The van der Waals surface area contributed by atoms with Gasteiger partial charge in [0.1, 0.15) is 6.04 Å². The highest BCUT2D eigenvalue weighted by Gasteiger charge is 2.30. The predicted molar refractivity (Wildman–Crippen MR) is 113 cm³/mol. The maximum Gasteiger partial charge on any atom is 0.242 e. The fraction of sp³-hybridized carbons (Fsp3) is 0.636. The second kappa shape index (κ2) is 10.0. The van der Waals surface area contributed by atoms with Crippen LogP contribution in [0, 0.1) is 0 Å². The van der Waals surface area contributed by atoms with Gasteiger partial charge in [-0.2, -0.15) is 0 Å². The molecule has 2 heterocycles. The number of benzene rings is 1. The molecule has 1 N–H and O–H groups in total. The van der Waals surface area contributed by atoms with Crippen LogP contribution >= 0.6 is 0 Å². The molecule has 6 heteroatoms. The van der Waals surface area contributed by atoms with Gasteiger partial charge in [-0.1, -0.05) is 25.1 Å². The maximum absolute atomic E-state index is 12.7. The van der Waals surface area contributed by atoms with Gasteiger partial charge in [0.25, 0.3) is 0 Å². The molecular weight excluding hydrogens is 352 g/mol. The molecule has 6 nitrogen and oxygen atoms in total. The fourth-order valence-corrected chi connectivity index (χ4v) is 4.18. The van der Waals surface area contributed by atoms with Gasteiger partial charge in [-0.25, -0.2) is 0 Å². The van der Waals surface area contributed by atoms with Crippen LogP contribution in [0.3, 0.4) is 0 Å². The van der Waals surface area contributed by atoms with Crippen molar-refractivity contribution < 1.29 is 9.59 Å². The second-order valence-corrected chi connectivity index (χ2v) is 7.84. The maximum atomic E-state index is 12.7. The first-order chi connectivity index (χ1) is 13.6. The van der Waals surface area contributed by atoms with Gasteiger partial charge in [0.05, 0.1) is 0 Å². The molecule has 1 atom stereocenters. The number of fused-ring (bicyclic) bond motifs is 1. The molecule has 2 amide bonds. The molecule has 2 aliphatic rings. The zero-order chi connectivity index (χ0) is 19.9. The Hall–Kier alpha value is -1.92. The summed E-state index contributed by atoms with van der Waals surface area (Å²) in [6.45, 7) is 11.3. The van der Waals surface area contributed by atoms with Crippen molar-refractivity contribution in [3.63, 3.8) is 0 Å². The molecule has 0 bridgehead atoms. The van der Waals surface area contributed by atoms with E-state index in [1.807, 2.05) is 25.1 Å². The van der Waals surface area contributed by atoms with Crippen molar-refractivity contribution in [1.82, 2.24) is 15.1 Å². The van der Waals surface area contributed by atoms with Crippen LogP contribution in [0.5, 0.6) is 0 Å². The molecule has 3 rings (SSSR count). The van der Waals surface area contributed by atoms with Crippen molar-refractivity contribution in [2.45, 2.75) is 45.6 Å². The van der Waals surface area contributed by atoms with Crippen molar-refractivity contribution in [3.8, 4) is 0 Å². The number of rotatable bonds is 7. The average molecular weight is 387 g/mol. The zero-order valence-electron chi connectivity index (χ0n) is 17.3. The highest BCUT2D eigenvalue weighted by molar-refractivity contribution is 6.01. The number of carbonyl (C=O) groups is 2. The number of likely N-dealkylation sites (N-methyl/N-ethyl adjacent to an activating group) is 1. The monoisotopic (exact) mass is 386 g/mol. The Morgan fingerprint density at radius 2 is 1.82 bits per heavy atom. The lowest BCUT2D eigenvalue weighted by molar-refractivity contribution is -0.126. The second-order valence-electron chi connectivity index (χ2n) is 7.84. The standard InChI is InChI=1S/C22H34N4O2/c1-3-24-14-16-25(17-15-24)13-7-12-23-22(28)18(2)26-20-10-5-4-8-19(20)9-6-11-21(26)27/h4-5,8,10,18H,3,6-7,9,11-17H2,1-2H3,(H,23,28). The first-order valence-corrected chi connectivity index (χ1v) is 10.7. The van der Waals surface area contributed by atoms with Crippen molar-refractivity contribution in [2.24, 2.45) is 0 Å². The Balaban J connectivity index is 1.48. The van der Waals surface area contributed by atoms with Gasteiger partial charge in [0.15, 0.2) is 0 Å². The zero-order valence-corrected chi connectivity index (χ0v) is 17.3. The molecule has 1 aromatic rings. The molecular formula is C22H34N4O2. The predicted octanol–water partition coefficient (Wildman–Crippen LogP) is 1.89. The normalized spacial score (nSPS) is 19.8. The number of para-hydroxylation sites is 1. The summed E-state index contributed by atoms with van der Waals surface area (Å²) in [4.78, 5) is 32.0. The van der Waals surface area contributed by atoms with E-state index in [9.17, 15) is 9.59 Å². The number of hydrogen-bond donors (Lipinski definition) is 1. The van der Waals surface area contributed by atoms with Crippen LogP contribution in [0.15, 0.2) is 24.3 Å². The highest BCUT2D eigenvalue weighted by atomic mass is 16.2. The van der Waals surface area contributed by atoms with Crippen molar-refractivity contribution >= 4 is 17.5 Å². The summed E-state index contributed by atoms with van der Waals surface area (Å²) < 4.78 is 0. The van der Waals surface area contributed by atoms with Crippen LogP contribution in [-0.2, 0) is 16.0 Å². The third-order valence-electron chi connectivity index (χ3n) is 5.99. The van der Waals surface area contributed by atoms with Crippen molar-refractivity contribution in [2.75, 3.05) is 50.7 Å². The molecule has 154 valence electrons. The van der Waals surface area contributed by atoms with Crippen LogP contribution in [-0.4, -0.2) is 73.5 Å². The van der Waals surface area contributed by atoms with Gasteiger partial charge in [-0.15, -0.1) is 0 Å².